The van der Waals surface area contributed by atoms with Crippen LogP contribution in [0.5, 0.6) is 0 Å². The molecule has 1 aliphatic heterocycles. The summed E-state index contributed by atoms with van der Waals surface area (Å²) in [5.41, 5.74) is 0.262. The highest BCUT2D eigenvalue weighted by atomic mass is 35.5. The van der Waals surface area contributed by atoms with Crippen LogP contribution in [0, 0.1) is 17.2 Å². The molecule has 4 heteroatoms. The van der Waals surface area contributed by atoms with Crippen molar-refractivity contribution in [3.05, 3.63) is 23.1 Å². The fraction of sp³-hybridized carbons (Fsp3) is 0.615. The minimum atomic E-state index is -0.327. The Morgan fingerprint density at radius 1 is 1.47 bits per heavy atom. The van der Waals surface area contributed by atoms with Gasteiger partial charge < -0.3 is 4.90 Å². The van der Waals surface area contributed by atoms with Gasteiger partial charge in [0.2, 0.25) is 0 Å². The number of hydrogen-bond acceptors (Lipinski definition) is 2. The topological polar surface area (TPSA) is 16.1 Å². The van der Waals surface area contributed by atoms with Crippen LogP contribution in [0.25, 0.3) is 0 Å². The molecule has 94 valence electrons. The van der Waals surface area contributed by atoms with Crippen LogP contribution in [-0.2, 0) is 0 Å². The van der Waals surface area contributed by atoms with Gasteiger partial charge in [0, 0.05) is 19.3 Å². The van der Waals surface area contributed by atoms with E-state index in [-0.39, 0.29) is 11.2 Å². The zero-order chi connectivity index (χ0) is 12.6. The molecule has 0 amide bonds. The Morgan fingerprint density at radius 2 is 2.18 bits per heavy atom. The molecule has 1 aromatic rings. The highest BCUT2D eigenvalue weighted by Crippen LogP contribution is 2.35. The lowest BCUT2D eigenvalue weighted by Gasteiger charge is -2.27. The minimum Gasteiger partial charge on any atom is -0.354 e. The van der Waals surface area contributed by atoms with Crippen LogP contribution in [0.15, 0.2) is 12.3 Å². The summed E-state index contributed by atoms with van der Waals surface area (Å²) in [4.78, 5) is 6.11. The summed E-state index contributed by atoms with van der Waals surface area (Å²) in [6.07, 6.45) is 2.59. The zero-order valence-electron chi connectivity index (χ0n) is 10.5. The smallest absolute Gasteiger partial charge is 0.167 e. The van der Waals surface area contributed by atoms with Crippen molar-refractivity contribution in [1.29, 1.82) is 0 Å². The lowest BCUT2D eigenvalue weighted by molar-refractivity contribution is 0.263. The molecule has 0 saturated carbocycles. The van der Waals surface area contributed by atoms with Crippen molar-refractivity contribution in [3.63, 3.8) is 0 Å². The Bertz CT molecular complexity index is 414. The van der Waals surface area contributed by atoms with Crippen molar-refractivity contribution in [3.8, 4) is 0 Å². The molecule has 0 bridgehead atoms. The molecule has 17 heavy (non-hydrogen) atoms. The zero-order valence-corrected chi connectivity index (χ0v) is 11.3. The van der Waals surface area contributed by atoms with E-state index >= 15 is 0 Å². The monoisotopic (exact) mass is 256 g/mol. The van der Waals surface area contributed by atoms with E-state index in [0.717, 1.165) is 19.5 Å². The second-order valence-electron chi connectivity index (χ2n) is 5.76. The number of anilines is 1. The first-order valence-corrected chi connectivity index (χ1v) is 6.31. The molecule has 2 nitrogen and oxygen atoms in total. The Hall–Kier alpha value is -0.830. The van der Waals surface area contributed by atoms with Gasteiger partial charge in [-0.1, -0.05) is 32.4 Å². The van der Waals surface area contributed by atoms with Gasteiger partial charge in [-0.15, -0.1) is 0 Å². The molecule has 0 radical (unpaired) electrons. The van der Waals surface area contributed by atoms with E-state index in [1.807, 2.05) is 4.90 Å². The number of nitrogens with zero attached hydrogens (tertiary/aromatic N) is 2. The Balaban J connectivity index is 2.15. The molecule has 2 heterocycles. The van der Waals surface area contributed by atoms with Crippen molar-refractivity contribution >= 4 is 17.4 Å². The van der Waals surface area contributed by atoms with Crippen LogP contribution in [-0.4, -0.2) is 18.1 Å². The molecule has 1 atom stereocenters. The number of halogens is 2. The van der Waals surface area contributed by atoms with Crippen LogP contribution < -0.4 is 4.90 Å². The van der Waals surface area contributed by atoms with Crippen LogP contribution >= 0.6 is 11.6 Å². The number of pyridine rings is 1. The minimum absolute atomic E-state index is 0.262. The van der Waals surface area contributed by atoms with Gasteiger partial charge in [-0.3, -0.25) is 0 Å². The summed E-state index contributed by atoms with van der Waals surface area (Å²) in [6.45, 7) is 8.43. The van der Waals surface area contributed by atoms with Crippen molar-refractivity contribution in [1.82, 2.24) is 4.98 Å². The Kier molecular flexibility index (Phi) is 3.30. The SMILES string of the molecule is CC(C)(C)C1CCN(c2ncc(Cl)cc2F)C1. The maximum atomic E-state index is 13.7. The molecule has 1 unspecified atom stereocenters. The molecule has 0 aromatic carbocycles. The summed E-state index contributed by atoms with van der Waals surface area (Å²) in [5, 5.41) is 0.345. The summed E-state index contributed by atoms with van der Waals surface area (Å²) >= 11 is 5.70. The van der Waals surface area contributed by atoms with Crippen LogP contribution in [0.3, 0.4) is 0 Å². The molecule has 1 aliphatic rings. The van der Waals surface area contributed by atoms with Gasteiger partial charge >= 0.3 is 0 Å². The normalized spacial score (nSPS) is 21.0. The molecule has 2 rings (SSSR count). The largest absolute Gasteiger partial charge is 0.354 e. The third-order valence-corrected chi connectivity index (χ3v) is 3.71. The van der Waals surface area contributed by atoms with E-state index in [2.05, 4.69) is 25.8 Å². The molecular weight excluding hydrogens is 239 g/mol. The molecule has 1 saturated heterocycles. The Morgan fingerprint density at radius 3 is 2.71 bits per heavy atom. The maximum absolute atomic E-state index is 13.7. The second-order valence-corrected chi connectivity index (χ2v) is 6.19. The molecule has 1 aromatic heterocycles. The molecule has 0 N–H and O–H groups in total. The third-order valence-electron chi connectivity index (χ3n) is 3.50. The van der Waals surface area contributed by atoms with E-state index in [9.17, 15) is 4.39 Å². The van der Waals surface area contributed by atoms with E-state index in [1.54, 1.807) is 0 Å². The van der Waals surface area contributed by atoms with Gasteiger partial charge in [-0.05, 0) is 23.8 Å². The van der Waals surface area contributed by atoms with E-state index in [4.69, 9.17) is 11.6 Å². The number of rotatable bonds is 1. The average molecular weight is 257 g/mol. The van der Waals surface area contributed by atoms with Gasteiger partial charge in [0.15, 0.2) is 11.6 Å². The Labute approximate surface area is 107 Å². The first-order chi connectivity index (χ1) is 7.88. The predicted molar refractivity (Wildman–Crippen MR) is 69.0 cm³/mol. The molecule has 0 spiro atoms. The summed E-state index contributed by atoms with van der Waals surface area (Å²) in [5.74, 6) is 0.688. The number of aromatic nitrogens is 1. The fourth-order valence-corrected chi connectivity index (χ4v) is 2.44. The highest BCUT2D eigenvalue weighted by molar-refractivity contribution is 6.30. The standard InChI is InChI=1S/C13H18ClFN2/c1-13(2,3)9-4-5-17(8-9)12-11(15)6-10(14)7-16-12/h6-7,9H,4-5,8H2,1-3H3. The van der Waals surface area contributed by atoms with Crippen LogP contribution in [0.1, 0.15) is 27.2 Å². The quantitative estimate of drug-likeness (QED) is 0.761. The molecule has 1 fully saturated rings. The first kappa shape index (κ1) is 12.6. The summed E-state index contributed by atoms with van der Waals surface area (Å²) in [7, 11) is 0. The van der Waals surface area contributed by atoms with Gasteiger partial charge in [0.1, 0.15) is 0 Å². The fourth-order valence-electron chi connectivity index (χ4n) is 2.30. The average Bonchev–Trinajstić information content (AvgIpc) is 2.65. The van der Waals surface area contributed by atoms with Gasteiger partial charge in [-0.2, -0.15) is 0 Å². The van der Waals surface area contributed by atoms with Gasteiger partial charge in [0.05, 0.1) is 5.02 Å². The summed E-state index contributed by atoms with van der Waals surface area (Å²) < 4.78 is 13.7. The van der Waals surface area contributed by atoms with E-state index in [0.29, 0.717) is 16.8 Å². The predicted octanol–water partition coefficient (Wildman–Crippen LogP) is 3.75. The molecular formula is C13H18ClFN2. The van der Waals surface area contributed by atoms with Crippen molar-refractivity contribution in [2.45, 2.75) is 27.2 Å². The van der Waals surface area contributed by atoms with Gasteiger partial charge in [-0.25, -0.2) is 9.37 Å². The van der Waals surface area contributed by atoms with Gasteiger partial charge in [0.25, 0.3) is 0 Å². The van der Waals surface area contributed by atoms with Crippen LogP contribution in [0.2, 0.25) is 5.02 Å². The second kappa shape index (κ2) is 4.45. The lowest BCUT2D eigenvalue weighted by Crippen LogP contribution is -2.26. The number of hydrogen-bond donors (Lipinski definition) is 0. The summed E-state index contributed by atoms with van der Waals surface area (Å²) in [6, 6.07) is 1.33. The van der Waals surface area contributed by atoms with Crippen LogP contribution in [0.4, 0.5) is 10.2 Å². The van der Waals surface area contributed by atoms with Crippen molar-refractivity contribution < 1.29 is 4.39 Å². The van der Waals surface area contributed by atoms with Crippen molar-refractivity contribution in [2.24, 2.45) is 11.3 Å². The van der Waals surface area contributed by atoms with Crippen molar-refractivity contribution in [2.75, 3.05) is 18.0 Å². The van der Waals surface area contributed by atoms with E-state index < -0.39 is 0 Å². The maximum Gasteiger partial charge on any atom is 0.167 e. The highest BCUT2D eigenvalue weighted by Gasteiger charge is 2.33. The first-order valence-electron chi connectivity index (χ1n) is 5.94. The lowest BCUT2D eigenvalue weighted by atomic mass is 9.80. The third kappa shape index (κ3) is 2.71. The van der Waals surface area contributed by atoms with E-state index in [1.165, 1.54) is 12.3 Å². The molecule has 0 aliphatic carbocycles.